The van der Waals surface area contributed by atoms with E-state index in [4.69, 9.17) is 4.98 Å². The van der Waals surface area contributed by atoms with Crippen LogP contribution < -0.4 is 0 Å². The molecule has 3 heteroatoms. The summed E-state index contributed by atoms with van der Waals surface area (Å²) >= 11 is 0. The van der Waals surface area contributed by atoms with Crippen LogP contribution >= 0.6 is 0 Å². The van der Waals surface area contributed by atoms with Gasteiger partial charge in [-0.1, -0.05) is 38.5 Å². The zero-order chi connectivity index (χ0) is 13.8. The summed E-state index contributed by atoms with van der Waals surface area (Å²) in [6.07, 6.45) is 14.1. The number of aromatic nitrogens is 2. The minimum Gasteiger partial charge on any atom is -0.301 e. The molecule has 0 spiro atoms. The van der Waals surface area contributed by atoms with E-state index in [1.54, 1.807) is 12.3 Å². The van der Waals surface area contributed by atoms with E-state index in [-0.39, 0.29) is 5.82 Å². The molecule has 0 unspecified atom stereocenters. The van der Waals surface area contributed by atoms with Crippen LogP contribution in [0.4, 0.5) is 4.39 Å². The first-order valence-electron chi connectivity index (χ1n) is 8.00. The van der Waals surface area contributed by atoms with Crippen LogP contribution in [0, 0.1) is 5.82 Å². The minimum atomic E-state index is -0.177. The first-order chi connectivity index (χ1) is 9.84. The van der Waals surface area contributed by atoms with E-state index in [0.29, 0.717) is 0 Å². The van der Waals surface area contributed by atoms with Gasteiger partial charge in [-0.05, 0) is 37.8 Å². The predicted octanol–water partition coefficient (Wildman–Crippen LogP) is 4.69. The van der Waals surface area contributed by atoms with Crippen LogP contribution in [-0.4, -0.2) is 9.38 Å². The summed E-state index contributed by atoms with van der Waals surface area (Å²) in [6, 6.07) is 3.30. The van der Waals surface area contributed by atoms with Crippen LogP contribution in [-0.2, 0) is 12.8 Å². The Kier molecular flexibility index (Phi) is 4.34. The molecule has 1 aliphatic carbocycles. The SMILES string of the molecule is Fc1ccc2nc3c(n2c1)CCCCCCCCCC3. The molecule has 0 amide bonds. The van der Waals surface area contributed by atoms with Gasteiger partial charge in [-0.15, -0.1) is 0 Å². The predicted molar refractivity (Wildman–Crippen MR) is 79.5 cm³/mol. The van der Waals surface area contributed by atoms with Crippen molar-refractivity contribution < 1.29 is 4.39 Å². The van der Waals surface area contributed by atoms with E-state index >= 15 is 0 Å². The lowest BCUT2D eigenvalue weighted by Crippen LogP contribution is -1.99. The quantitative estimate of drug-likeness (QED) is 0.681. The van der Waals surface area contributed by atoms with Gasteiger partial charge in [0.05, 0.1) is 5.69 Å². The molecule has 2 heterocycles. The molecule has 108 valence electrons. The van der Waals surface area contributed by atoms with E-state index < -0.39 is 0 Å². The number of hydrogen-bond acceptors (Lipinski definition) is 1. The lowest BCUT2D eigenvalue weighted by molar-refractivity contribution is 0.555. The Bertz CT molecular complexity index is 574. The normalized spacial score (nSPS) is 18.2. The van der Waals surface area contributed by atoms with Crippen molar-refractivity contribution in [3.8, 4) is 0 Å². The first kappa shape index (κ1) is 13.6. The van der Waals surface area contributed by atoms with Gasteiger partial charge in [-0.3, -0.25) is 0 Å². The molecule has 20 heavy (non-hydrogen) atoms. The fourth-order valence-corrected chi connectivity index (χ4v) is 3.23. The summed E-state index contributed by atoms with van der Waals surface area (Å²) in [5.74, 6) is -0.177. The molecule has 0 fully saturated rings. The van der Waals surface area contributed by atoms with Crippen LogP contribution in [0.15, 0.2) is 18.3 Å². The Labute approximate surface area is 120 Å². The molecule has 0 radical (unpaired) electrons. The van der Waals surface area contributed by atoms with Gasteiger partial charge in [0.15, 0.2) is 0 Å². The van der Waals surface area contributed by atoms with Crippen molar-refractivity contribution in [1.29, 1.82) is 0 Å². The molecule has 2 aromatic rings. The number of rotatable bonds is 0. The van der Waals surface area contributed by atoms with Gasteiger partial charge in [-0.25, -0.2) is 9.37 Å². The Morgan fingerprint density at radius 2 is 1.50 bits per heavy atom. The molecule has 0 saturated carbocycles. The maximum atomic E-state index is 13.5. The summed E-state index contributed by atoms with van der Waals surface area (Å²) in [5, 5.41) is 0. The zero-order valence-electron chi connectivity index (χ0n) is 12.1. The van der Waals surface area contributed by atoms with E-state index in [9.17, 15) is 4.39 Å². The summed E-state index contributed by atoms with van der Waals surface area (Å²) in [6.45, 7) is 0. The van der Waals surface area contributed by atoms with Crippen LogP contribution in [0.25, 0.3) is 5.65 Å². The summed E-state index contributed by atoms with van der Waals surface area (Å²) < 4.78 is 15.5. The standard InChI is InChI=1S/C17H23FN2/c18-14-11-12-17-19-15-9-7-5-3-1-2-4-6-8-10-16(15)20(17)13-14/h11-13H,1-10H2. The molecule has 3 rings (SSSR count). The van der Waals surface area contributed by atoms with Crippen LogP contribution in [0.3, 0.4) is 0 Å². The third kappa shape index (κ3) is 3.02. The first-order valence-corrected chi connectivity index (χ1v) is 8.00. The zero-order valence-corrected chi connectivity index (χ0v) is 12.1. The maximum Gasteiger partial charge on any atom is 0.139 e. The third-order valence-corrected chi connectivity index (χ3v) is 4.34. The molecule has 0 saturated heterocycles. The fraction of sp³-hybridized carbons (Fsp3) is 0.588. The Morgan fingerprint density at radius 3 is 2.25 bits per heavy atom. The number of hydrogen-bond donors (Lipinski definition) is 0. The van der Waals surface area contributed by atoms with Gasteiger partial charge >= 0.3 is 0 Å². The molecule has 0 aromatic carbocycles. The van der Waals surface area contributed by atoms with Gasteiger partial charge in [0, 0.05) is 11.9 Å². The monoisotopic (exact) mass is 274 g/mol. The highest BCUT2D eigenvalue weighted by atomic mass is 19.1. The highest BCUT2D eigenvalue weighted by Crippen LogP contribution is 2.21. The second kappa shape index (κ2) is 6.38. The van der Waals surface area contributed by atoms with Crippen molar-refractivity contribution in [2.45, 2.75) is 64.2 Å². The Balaban J connectivity index is 1.91. The van der Waals surface area contributed by atoms with Crippen LogP contribution in [0.2, 0.25) is 0 Å². The van der Waals surface area contributed by atoms with E-state index in [1.807, 2.05) is 4.40 Å². The minimum absolute atomic E-state index is 0.177. The number of halogens is 1. The molecule has 0 aliphatic heterocycles. The number of nitrogens with zero attached hydrogens (tertiary/aromatic N) is 2. The van der Waals surface area contributed by atoms with Gasteiger partial charge in [0.1, 0.15) is 11.5 Å². The number of pyridine rings is 1. The Hall–Kier alpha value is -1.38. The molecule has 2 nitrogen and oxygen atoms in total. The fourth-order valence-electron chi connectivity index (χ4n) is 3.23. The molecule has 0 atom stereocenters. The smallest absolute Gasteiger partial charge is 0.139 e. The highest BCUT2D eigenvalue weighted by Gasteiger charge is 2.12. The van der Waals surface area contributed by atoms with Gasteiger partial charge in [0.2, 0.25) is 0 Å². The van der Waals surface area contributed by atoms with Crippen molar-refractivity contribution in [1.82, 2.24) is 9.38 Å². The van der Waals surface area contributed by atoms with Gasteiger partial charge in [0.25, 0.3) is 0 Å². The van der Waals surface area contributed by atoms with Crippen molar-refractivity contribution in [2.75, 3.05) is 0 Å². The second-order valence-corrected chi connectivity index (χ2v) is 5.91. The van der Waals surface area contributed by atoms with Crippen molar-refractivity contribution in [2.24, 2.45) is 0 Å². The molecule has 0 bridgehead atoms. The van der Waals surface area contributed by atoms with Crippen molar-refractivity contribution in [3.05, 3.63) is 35.5 Å². The summed E-state index contributed by atoms with van der Waals surface area (Å²) in [4.78, 5) is 4.72. The maximum absolute atomic E-state index is 13.5. The average Bonchev–Trinajstić information content (AvgIpc) is 2.76. The van der Waals surface area contributed by atoms with Crippen LogP contribution in [0.1, 0.15) is 62.8 Å². The van der Waals surface area contributed by atoms with E-state index in [1.165, 1.54) is 68.8 Å². The molecule has 0 N–H and O–H groups in total. The number of imidazole rings is 1. The molecular formula is C17H23FN2. The largest absolute Gasteiger partial charge is 0.301 e. The second-order valence-electron chi connectivity index (χ2n) is 5.91. The lowest BCUT2D eigenvalue weighted by Gasteiger charge is -2.08. The summed E-state index contributed by atoms with van der Waals surface area (Å²) in [5.41, 5.74) is 3.32. The highest BCUT2D eigenvalue weighted by molar-refractivity contribution is 5.43. The molecular weight excluding hydrogens is 251 g/mol. The lowest BCUT2D eigenvalue weighted by atomic mass is 10.0. The summed E-state index contributed by atoms with van der Waals surface area (Å²) in [7, 11) is 0. The van der Waals surface area contributed by atoms with Crippen LogP contribution in [0.5, 0.6) is 0 Å². The topological polar surface area (TPSA) is 17.3 Å². The number of aryl methyl sites for hydroxylation is 2. The number of fused-ring (bicyclic) bond motifs is 3. The Morgan fingerprint density at radius 1 is 0.850 bits per heavy atom. The molecule has 2 aromatic heterocycles. The van der Waals surface area contributed by atoms with Crippen molar-refractivity contribution >= 4 is 5.65 Å². The average molecular weight is 274 g/mol. The third-order valence-electron chi connectivity index (χ3n) is 4.34. The van der Waals surface area contributed by atoms with E-state index in [2.05, 4.69) is 0 Å². The molecule has 1 aliphatic rings. The van der Waals surface area contributed by atoms with Gasteiger partial charge < -0.3 is 4.40 Å². The van der Waals surface area contributed by atoms with Gasteiger partial charge in [-0.2, -0.15) is 0 Å². The van der Waals surface area contributed by atoms with Crippen molar-refractivity contribution in [3.63, 3.8) is 0 Å². The van der Waals surface area contributed by atoms with E-state index in [0.717, 1.165) is 18.5 Å².